The number of anilines is 2. The van der Waals surface area contributed by atoms with Crippen molar-refractivity contribution in [1.29, 1.82) is 0 Å². The van der Waals surface area contributed by atoms with Gasteiger partial charge in [0, 0.05) is 23.1 Å². The molecular formula is C36H32N2O7. The highest BCUT2D eigenvalue weighted by molar-refractivity contribution is 6.25. The first kappa shape index (κ1) is 28.7. The van der Waals surface area contributed by atoms with E-state index in [0.29, 0.717) is 28.3 Å². The number of nitrogens with zero attached hydrogens (tertiary/aromatic N) is 2. The Balaban J connectivity index is 1.35. The second-order valence-electron chi connectivity index (χ2n) is 12.5. The average molecular weight is 605 g/mol. The summed E-state index contributed by atoms with van der Waals surface area (Å²) in [6.07, 6.45) is 2.43. The molecule has 7 rings (SSSR count). The van der Waals surface area contributed by atoms with Crippen molar-refractivity contribution in [3.05, 3.63) is 95.6 Å². The molecule has 0 bridgehead atoms. The first-order valence-electron chi connectivity index (χ1n) is 15.1. The van der Waals surface area contributed by atoms with Crippen LogP contribution in [0.4, 0.5) is 11.4 Å². The smallest absolute Gasteiger partial charge is 0.241 e. The van der Waals surface area contributed by atoms with E-state index >= 15 is 0 Å². The minimum absolute atomic E-state index is 0.0811. The van der Waals surface area contributed by atoms with Crippen molar-refractivity contribution >= 4 is 40.8 Å². The summed E-state index contributed by atoms with van der Waals surface area (Å²) in [5, 5.41) is 11.3. The Morgan fingerprint density at radius 3 is 2.20 bits per heavy atom. The molecular weight excluding hydrogens is 572 g/mol. The van der Waals surface area contributed by atoms with Crippen molar-refractivity contribution in [2.75, 3.05) is 16.9 Å². The van der Waals surface area contributed by atoms with Crippen LogP contribution in [0.5, 0.6) is 11.5 Å². The van der Waals surface area contributed by atoms with Crippen LogP contribution in [0, 0.1) is 29.1 Å². The zero-order valence-corrected chi connectivity index (χ0v) is 25.1. The highest BCUT2D eigenvalue weighted by Crippen LogP contribution is 2.64. The fraction of sp³-hybridized carbons (Fsp3) is 0.306. The molecule has 9 heteroatoms. The topological polar surface area (TPSA) is 121 Å². The quantitative estimate of drug-likeness (QED) is 0.246. The van der Waals surface area contributed by atoms with Gasteiger partial charge in [-0.1, -0.05) is 35.9 Å². The lowest BCUT2D eigenvalue weighted by Crippen LogP contribution is -2.48. The Kier molecular flexibility index (Phi) is 6.54. The molecule has 228 valence electrons. The molecule has 3 aromatic rings. The van der Waals surface area contributed by atoms with Gasteiger partial charge in [0.1, 0.15) is 11.5 Å². The molecule has 3 fully saturated rings. The van der Waals surface area contributed by atoms with Gasteiger partial charge >= 0.3 is 0 Å². The van der Waals surface area contributed by atoms with Crippen LogP contribution in [0.15, 0.2) is 84.4 Å². The zero-order valence-electron chi connectivity index (χ0n) is 25.1. The summed E-state index contributed by atoms with van der Waals surface area (Å²) < 4.78 is 5.32. The number of hydrogen-bond acceptors (Lipinski definition) is 7. The maximum atomic E-state index is 14.4. The van der Waals surface area contributed by atoms with E-state index in [1.165, 1.54) is 29.9 Å². The number of Topliss-reactive ketones (excluding diaryl/α,β-unsaturated/α-hetero) is 1. The van der Waals surface area contributed by atoms with Gasteiger partial charge in [0.25, 0.3) is 0 Å². The monoisotopic (exact) mass is 604 g/mol. The molecule has 0 aromatic heterocycles. The maximum Gasteiger partial charge on any atom is 0.241 e. The summed E-state index contributed by atoms with van der Waals surface area (Å²) in [4.78, 5) is 70.9. The Morgan fingerprint density at radius 2 is 1.56 bits per heavy atom. The molecule has 1 saturated carbocycles. The standard InChI is InChI=1S/C36H32N2O7/c1-19(39)20-9-11-22(12-10-20)37-32(41)26-16-15-24-27(30(26)34(37)43)18-28-33(42)38(21-7-5-4-6-8-21)35(44)36(28,2)31(24)25-14-13-23(45-3)17-29(25)40/h4-15,17,26-28,30-31,40H,16,18H2,1-3H3/t26-,27+,28-,30-,31+,36+/m0/s1. The fourth-order valence-corrected chi connectivity index (χ4v) is 8.18. The highest BCUT2D eigenvalue weighted by atomic mass is 16.5. The minimum Gasteiger partial charge on any atom is -0.508 e. The van der Waals surface area contributed by atoms with E-state index in [-0.39, 0.29) is 48.0 Å². The van der Waals surface area contributed by atoms with E-state index in [4.69, 9.17) is 4.74 Å². The Labute approximate surface area is 260 Å². The van der Waals surface area contributed by atoms with Gasteiger partial charge in [-0.2, -0.15) is 0 Å². The van der Waals surface area contributed by atoms with Gasteiger partial charge in [-0.15, -0.1) is 0 Å². The molecule has 6 atom stereocenters. The third-order valence-electron chi connectivity index (χ3n) is 10.4. The van der Waals surface area contributed by atoms with E-state index in [9.17, 15) is 29.1 Å². The van der Waals surface area contributed by atoms with Crippen LogP contribution in [0.25, 0.3) is 0 Å². The van der Waals surface area contributed by atoms with Crippen LogP contribution < -0.4 is 14.5 Å². The SMILES string of the molecule is COc1ccc([C@H]2C3=CC[C@@H]4C(=O)N(c5ccc(C(C)=O)cc5)C(=O)[C@@H]4[C@@H]3C[C@H]3C(=O)N(c4ccccc4)C(=O)[C@@]23C)c(O)c1. The number of rotatable bonds is 5. The Hall–Kier alpha value is -5.05. The largest absolute Gasteiger partial charge is 0.508 e. The lowest BCUT2D eigenvalue weighted by atomic mass is 9.51. The van der Waals surface area contributed by atoms with E-state index in [0.717, 1.165) is 5.57 Å². The minimum atomic E-state index is -1.26. The number of allylic oxidation sites excluding steroid dienone is 2. The molecule has 1 N–H and O–H groups in total. The zero-order chi connectivity index (χ0) is 31.8. The van der Waals surface area contributed by atoms with Crippen LogP contribution >= 0.6 is 0 Å². The van der Waals surface area contributed by atoms with Gasteiger partial charge in [0.05, 0.1) is 41.7 Å². The number of fused-ring (bicyclic) bond motifs is 4. The van der Waals surface area contributed by atoms with E-state index in [1.54, 1.807) is 67.6 Å². The predicted molar refractivity (Wildman–Crippen MR) is 165 cm³/mol. The molecule has 0 spiro atoms. The average Bonchev–Trinajstić information content (AvgIpc) is 3.41. The molecule has 0 unspecified atom stereocenters. The molecule has 2 aliphatic heterocycles. The van der Waals surface area contributed by atoms with Crippen LogP contribution in [0.1, 0.15) is 48.5 Å². The third kappa shape index (κ3) is 4.02. The second-order valence-corrected chi connectivity index (χ2v) is 12.5. The summed E-state index contributed by atoms with van der Waals surface area (Å²) in [6.45, 7) is 3.23. The first-order valence-corrected chi connectivity index (χ1v) is 15.1. The summed E-state index contributed by atoms with van der Waals surface area (Å²) in [6, 6.07) is 20.1. The van der Waals surface area contributed by atoms with Gasteiger partial charge in [0.15, 0.2) is 5.78 Å². The van der Waals surface area contributed by atoms with Crippen LogP contribution in [-0.2, 0) is 19.2 Å². The molecule has 3 aromatic carbocycles. The lowest BCUT2D eigenvalue weighted by molar-refractivity contribution is -0.131. The molecule has 9 nitrogen and oxygen atoms in total. The second kappa shape index (κ2) is 10.3. The number of imide groups is 2. The first-order chi connectivity index (χ1) is 21.6. The summed E-state index contributed by atoms with van der Waals surface area (Å²) in [7, 11) is 1.49. The van der Waals surface area contributed by atoms with E-state index in [1.807, 2.05) is 12.1 Å². The number of amides is 4. The molecule has 2 aliphatic carbocycles. The van der Waals surface area contributed by atoms with Crippen LogP contribution in [-0.4, -0.2) is 41.6 Å². The van der Waals surface area contributed by atoms with Crippen molar-refractivity contribution in [3.63, 3.8) is 0 Å². The molecule has 4 aliphatic rings. The van der Waals surface area contributed by atoms with Gasteiger partial charge in [-0.05, 0) is 75.1 Å². The number of aromatic hydroxyl groups is 1. The summed E-state index contributed by atoms with van der Waals surface area (Å²) in [5.74, 6) is -4.62. The van der Waals surface area contributed by atoms with Crippen LogP contribution in [0.2, 0.25) is 0 Å². The third-order valence-corrected chi connectivity index (χ3v) is 10.4. The predicted octanol–water partition coefficient (Wildman–Crippen LogP) is 5.04. The van der Waals surface area contributed by atoms with Crippen molar-refractivity contribution in [3.8, 4) is 11.5 Å². The Bertz CT molecular complexity index is 1810. The van der Waals surface area contributed by atoms with Gasteiger partial charge in [0.2, 0.25) is 23.6 Å². The highest BCUT2D eigenvalue weighted by Gasteiger charge is 2.68. The number of hydrogen-bond donors (Lipinski definition) is 1. The van der Waals surface area contributed by atoms with Crippen LogP contribution in [0.3, 0.4) is 0 Å². The molecule has 4 amide bonds. The number of carbonyl (C=O) groups excluding carboxylic acids is 5. The number of phenols is 1. The Morgan fingerprint density at radius 1 is 0.867 bits per heavy atom. The van der Waals surface area contributed by atoms with Crippen molar-refractivity contribution < 1.29 is 33.8 Å². The fourth-order valence-electron chi connectivity index (χ4n) is 8.18. The van der Waals surface area contributed by atoms with Gasteiger partial charge in [-0.3, -0.25) is 28.9 Å². The molecule has 2 saturated heterocycles. The number of para-hydroxylation sites is 1. The molecule has 2 heterocycles. The summed E-state index contributed by atoms with van der Waals surface area (Å²) >= 11 is 0. The van der Waals surface area contributed by atoms with Crippen molar-refractivity contribution in [1.82, 2.24) is 0 Å². The number of phenolic OH excluding ortho intramolecular Hbond substituents is 1. The number of carbonyl (C=O) groups is 5. The van der Waals surface area contributed by atoms with E-state index in [2.05, 4.69) is 0 Å². The lowest BCUT2D eigenvalue weighted by Gasteiger charge is -2.49. The van der Waals surface area contributed by atoms with Crippen molar-refractivity contribution in [2.24, 2.45) is 29.1 Å². The maximum absolute atomic E-state index is 14.4. The molecule has 45 heavy (non-hydrogen) atoms. The van der Waals surface area contributed by atoms with Crippen molar-refractivity contribution in [2.45, 2.75) is 32.6 Å². The molecule has 0 radical (unpaired) electrons. The number of methoxy groups -OCH3 is 1. The number of benzene rings is 3. The normalized spacial score (nSPS) is 28.9. The van der Waals surface area contributed by atoms with Gasteiger partial charge < -0.3 is 9.84 Å². The van der Waals surface area contributed by atoms with Gasteiger partial charge in [-0.25, -0.2) is 4.90 Å². The number of ketones is 1. The summed E-state index contributed by atoms with van der Waals surface area (Å²) in [5.41, 5.74) is 1.30. The number of ether oxygens (including phenoxy) is 1. The van der Waals surface area contributed by atoms with E-state index < -0.39 is 35.0 Å².